The summed E-state index contributed by atoms with van der Waals surface area (Å²) in [5, 5.41) is 15.2. The first kappa shape index (κ1) is 20.9. The van der Waals surface area contributed by atoms with Crippen LogP contribution >= 0.6 is 0 Å². The molecule has 0 radical (unpaired) electrons. The molecule has 6 nitrogen and oxygen atoms in total. The van der Waals surface area contributed by atoms with Crippen molar-refractivity contribution in [1.82, 2.24) is 9.78 Å². The molecule has 0 saturated carbocycles. The molecule has 0 saturated heterocycles. The number of carbonyl (C=O) groups is 1. The summed E-state index contributed by atoms with van der Waals surface area (Å²) in [5.74, 6) is 0.132. The van der Waals surface area contributed by atoms with Crippen molar-refractivity contribution in [2.24, 2.45) is 5.92 Å². The van der Waals surface area contributed by atoms with E-state index in [1.807, 2.05) is 54.9 Å². The van der Waals surface area contributed by atoms with Crippen molar-refractivity contribution < 1.29 is 19.4 Å². The molecule has 1 heterocycles. The summed E-state index contributed by atoms with van der Waals surface area (Å²) in [6.45, 7) is 8.56. The zero-order valence-corrected chi connectivity index (χ0v) is 17.4. The SMILES string of the molecule is CC(C)COC(=O)C(C)(C)OCc1nn(Cc2ccc(O)cc2)c2ccccc12. The molecule has 0 spiro atoms. The highest BCUT2D eigenvalue weighted by molar-refractivity contribution is 5.82. The van der Waals surface area contributed by atoms with Gasteiger partial charge in [0.25, 0.3) is 0 Å². The maximum absolute atomic E-state index is 12.3. The summed E-state index contributed by atoms with van der Waals surface area (Å²) < 4.78 is 13.1. The first-order valence-electron chi connectivity index (χ1n) is 9.80. The van der Waals surface area contributed by atoms with Crippen molar-refractivity contribution in [3.8, 4) is 5.75 Å². The van der Waals surface area contributed by atoms with Gasteiger partial charge in [-0.1, -0.05) is 44.2 Å². The molecule has 0 atom stereocenters. The van der Waals surface area contributed by atoms with Crippen LogP contribution in [-0.4, -0.2) is 33.1 Å². The monoisotopic (exact) mass is 396 g/mol. The third-order valence-corrected chi connectivity index (χ3v) is 4.61. The minimum absolute atomic E-state index is 0.201. The van der Waals surface area contributed by atoms with E-state index < -0.39 is 5.60 Å². The Hall–Kier alpha value is -2.86. The van der Waals surface area contributed by atoms with Crippen molar-refractivity contribution in [1.29, 1.82) is 0 Å². The Labute approximate surface area is 171 Å². The minimum Gasteiger partial charge on any atom is -0.508 e. The van der Waals surface area contributed by atoms with Gasteiger partial charge in [0.15, 0.2) is 5.60 Å². The third-order valence-electron chi connectivity index (χ3n) is 4.61. The third kappa shape index (κ3) is 5.15. The van der Waals surface area contributed by atoms with Crippen LogP contribution in [-0.2, 0) is 27.4 Å². The van der Waals surface area contributed by atoms with E-state index in [9.17, 15) is 9.90 Å². The van der Waals surface area contributed by atoms with Gasteiger partial charge in [-0.3, -0.25) is 4.68 Å². The molecular formula is C23H28N2O4. The number of rotatable bonds is 8. The van der Waals surface area contributed by atoms with Crippen molar-refractivity contribution in [2.45, 2.75) is 46.4 Å². The van der Waals surface area contributed by atoms with E-state index in [1.165, 1.54) is 0 Å². The number of carbonyl (C=O) groups excluding carboxylic acids is 1. The lowest BCUT2D eigenvalue weighted by Gasteiger charge is -2.23. The largest absolute Gasteiger partial charge is 0.508 e. The molecule has 3 rings (SSSR count). The zero-order chi connectivity index (χ0) is 21.0. The fourth-order valence-electron chi connectivity index (χ4n) is 2.92. The summed E-state index contributed by atoms with van der Waals surface area (Å²) in [7, 11) is 0. The normalized spacial score (nSPS) is 11.9. The molecule has 29 heavy (non-hydrogen) atoms. The topological polar surface area (TPSA) is 73.6 Å². The average Bonchev–Trinajstić information content (AvgIpc) is 3.04. The van der Waals surface area contributed by atoms with Gasteiger partial charge in [-0.05, 0) is 43.5 Å². The Bertz CT molecular complexity index is 974. The van der Waals surface area contributed by atoms with E-state index in [1.54, 1.807) is 26.0 Å². The second kappa shape index (κ2) is 8.66. The number of benzene rings is 2. The predicted octanol–water partition coefficient (Wildman–Crippen LogP) is 4.28. The minimum atomic E-state index is -1.06. The van der Waals surface area contributed by atoms with Crippen molar-refractivity contribution >= 4 is 16.9 Å². The number of phenols is 1. The first-order valence-corrected chi connectivity index (χ1v) is 9.80. The highest BCUT2D eigenvalue weighted by atomic mass is 16.6. The van der Waals surface area contributed by atoms with Crippen molar-refractivity contribution in [3.05, 3.63) is 59.8 Å². The summed E-state index contributed by atoms with van der Waals surface area (Å²) in [4.78, 5) is 12.3. The predicted molar refractivity (Wildman–Crippen MR) is 112 cm³/mol. The van der Waals surface area contributed by atoms with Crippen LogP contribution in [0.3, 0.4) is 0 Å². The molecule has 0 aliphatic rings. The molecule has 1 aromatic heterocycles. The fourth-order valence-corrected chi connectivity index (χ4v) is 2.92. The highest BCUT2D eigenvalue weighted by Crippen LogP contribution is 2.23. The van der Waals surface area contributed by atoms with E-state index in [4.69, 9.17) is 14.6 Å². The molecule has 0 fully saturated rings. The zero-order valence-electron chi connectivity index (χ0n) is 17.4. The Morgan fingerprint density at radius 3 is 2.52 bits per heavy atom. The number of hydrogen-bond acceptors (Lipinski definition) is 5. The van der Waals surface area contributed by atoms with E-state index in [-0.39, 0.29) is 24.2 Å². The number of hydrogen-bond donors (Lipinski definition) is 1. The number of para-hydroxylation sites is 1. The molecule has 0 unspecified atom stereocenters. The van der Waals surface area contributed by atoms with Gasteiger partial charge < -0.3 is 14.6 Å². The smallest absolute Gasteiger partial charge is 0.337 e. The van der Waals surface area contributed by atoms with Crippen LogP contribution in [0.5, 0.6) is 5.75 Å². The molecule has 3 aromatic rings. The molecule has 0 aliphatic heterocycles. The van der Waals surface area contributed by atoms with Crippen molar-refractivity contribution in [3.63, 3.8) is 0 Å². The van der Waals surface area contributed by atoms with Gasteiger partial charge in [-0.15, -0.1) is 0 Å². The Morgan fingerprint density at radius 2 is 1.83 bits per heavy atom. The summed E-state index contributed by atoms with van der Waals surface area (Å²) >= 11 is 0. The van der Waals surface area contributed by atoms with E-state index in [0.717, 1.165) is 22.2 Å². The van der Waals surface area contributed by atoms with Crippen LogP contribution in [0.25, 0.3) is 10.9 Å². The summed E-state index contributed by atoms with van der Waals surface area (Å²) in [5.41, 5.74) is 1.72. The van der Waals surface area contributed by atoms with Gasteiger partial charge in [0, 0.05) is 5.39 Å². The molecule has 0 bridgehead atoms. The number of aromatic hydroxyl groups is 1. The number of esters is 1. The Kier molecular flexibility index (Phi) is 6.23. The van der Waals surface area contributed by atoms with Gasteiger partial charge in [-0.2, -0.15) is 5.10 Å². The second-order valence-corrected chi connectivity index (χ2v) is 8.08. The van der Waals surface area contributed by atoms with Crippen LogP contribution < -0.4 is 0 Å². The van der Waals surface area contributed by atoms with Crippen LogP contribution in [0, 0.1) is 5.92 Å². The van der Waals surface area contributed by atoms with Crippen LogP contribution in [0.2, 0.25) is 0 Å². The number of ether oxygens (including phenoxy) is 2. The maximum atomic E-state index is 12.3. The number of fused-ring (bicyclic) bond motifs is 1. The second-order valence-electron chi connectivity index (χ2n) is 8.08. The number of nitrogens with zero attached hydrogens (tertiary/aromatic N) is 2. The van der Waals surface area contributed by atoms with E-state index in [0.29, 0.717) is 13.2 Å². The fraction of sp³-hybridized carbons (Fsp3) is 0.391. The van der Waals surface area contributed by atoms with Crippen LogP contribution in [0.4, 0.5) is 0 Å². The molecule has 6 heteroatoms. The highest BCUT2D eigenvalue weighted by Gasteiger charge is 2.31. The van der Waals surface area contributed by atoms with Gasteiger partial charge in [-0.25, -0.2) is 4.79 Å². The summed E-state index contributed by atoms with van der Waals surface area (Å²) in [6.07, 6.45) is 0. The van der Waals surface area contributed by atoms with Gasteiger partial charge in [0.1, 0.15) is 5.75 Å². The first-order chi connectivity index (χ1) is 13.8. The van der Waals surface area contributed by atoms with E-state index >= 15 is 0 Å². The number of aromatic nitrogens is 2. The average molecular weight is 396 g/mol. The molecule has 2 aromatic carbocycles. The van der Waals surface area contributed by atoms with Gasteiger partial charge in [0.2, 0.25) is 0 Å². The lowest BCUT2D eigenvalue weighted by molar-refractivity contribution is -0.170. The van der Waals surface area contributed by atoms with Gasteiger partial charge in [0.05, 0.1) is 31.0 Å². The lowest BCUT2D eigenvalue weighted by atomic mass is 10.1. The molecule has 0 amide bonds. The lowest BCUT2D eigenvalue weighted by Crippen LogP contribution is -2.37. The molecule has 154 valence electrons. The Balaban J connectivity index is 1.77. The quantitative estimate of drug-likeness (QED) is 0.575. The van der Waals surface area contributed by atoms with Crippen LogP contribution in [0.1, 0.15) is 39.0 Å². The van der Waals surface area contributed by atoms with Crippen molar-refractivity contribution in [2.75, 3.05) is 6.61 Å². The van der Waals surface area contributed by atoms with Crippen LogP contribution in [0.15, 0.2) is 48.5 Å². The Morgan fingerprint density at radius 1 is 1.14 bits per heavy atom. The summed E-state index contributed by atoms with van der Waals surface area (Å²) in [6, 6.07) is 15.0. The molecule has 1 N–H and O–H groups in total. The molecule has 0 aliphatic carbocycles. The maximum Gasteiger partial charge on any atom is 0.337 e. The standard InChI is InChI=1S/C23H28N2O4/c1-16(2)14-28-22(27)23(3,4)29-15-20-19-7-5-6-8-21(19)25(24-20)13-17-9-11-18(26)12-10-17/h5-12,16,26H,13-15H2,1-4H3. The van der Waals surface area contributed by atoms with E-state index in [2.05, 4.69) is 0 Å². The van der Waals surface area contributed by atoms with Gasteiger partial charge >= 0.3 is 5.97 Å². The number of phenolic OH excluding ortho intramolecular Hbond substituents is 1. The molecular weight excluding hydrogens is 368 g/mol.